The van der Waals surface area contributed by atoms with Gasteiger partial charge >= 0.3 is 20.8 Å². The molecule has 0 amide bonds. The van der Waals surface area contributed by atoms with Gasteiger partial charge in [0.15, 0.2) is 0 Å². The molecule has 0 aliphatic carbocycles. The Morgan fingerprint density at radius 2 is 1.10 bits per heavy atom. The van der Waals surface area contributed by atoms with Gasteiger partial charge in [0.25, 0.3) is 0 Å². The molecule has 5 aromatic carbocycles. The van der Waals surface area contributed by atoms with Gasteiger partial charge in [-0.2, -0.15) is 28.7 Å². The lowest BCUT2D eigenvalue weighted by Gasteiger charge is -2.17. The van der Waals surface area contributed by atoms with E-state index in [0.717, 1.165) is 80.2 Å². The number of benzene rings is 5. The first-order valence-electron chi connectivity index (χ1n) is 23.4. The predicted octanol–water partition coefficient (Wildman–Crippen LogP) is 11.0. The molecule has 13 nitrogen and oxygen atoms in total. The van der Waals surface area contributed by atoms with Gasteiger partial charge in [-0.05, 0) is 180 Å². The topological polar surface area (TPSA) is 170 Å². The average molecular weight is 973 g/mol. The highest BCUT2D eigenvalue weighted by Gasteiger charge is 2.34. The lowest BCUT2D eigenvalue weighted by Crippen LogP contribution is -2.21. The van der Waals surface area contributed by atoms with Crippen LogP contribution in [0.25, 0.3) is 33.4 Å². The summed E-state index contributed by atoms with van der Waals surface area (Å²) >= 11 is 0. The van der Waals surface area contributed by atoms with E-state index in [1.807, 2.05) is 108 Å². The van der Waals surface area contributed by atoms with E-state index in [1.54, 1.807) is 33.6 Å². The van der Waals surface area contributed by atoms with Crippen LogP contribution in [0.4, 0.5) is 11.4 Å². The van der Waals surface area contributed by atoms with Gasteiger partial charge in [0.1, 0.15) is 17.1 Å². The molecule has 2 heterocycles. The summed E-state index contributed by atoms with van der Waals surface area (Å²) in [4.78, 5) is 2.57. The van der Waals surface area contributed by atoms with Crippen LogP contribution < -0.4 is 14.8 Å². The smallest absolute Gasteiger partial charge is 0.346 e. The van der Waals surface area contributed by atoms with Crippen LogP contribution in [0.3, 0.4) is 0 Å². The predicted molar refractivity (Wildman–Crippen MR) is 282 cm³/mol. The van der Waals surface area contributed by atoms with Crippen molar-refractivity contribution in [2.75, 3.05) is 30.1 Å². The Morgan fingerprint density at radius 3 is 1.61 bits per heavy atom. The second kappa shape index (κ2) is 21.4. The van der Waals surface area contributed by atoms with Gasteiger partial charge in [-0.1, -0.05) is 70.2 Å². The minimum Gasteiger partial charge on any atom is -0.507 e. The number of anilines is 2. The largest absolute Gasteiger partial charge is 0.507 e. The molecule has 69 heavy (non-hydrogen) atoms. The number of aromatic hydroxyl groups is 1. The highest BCUT2D eigenvalue weighted by atomic mass is 32.3. The first-order valence-corrected chi connectivity index (χ1v) is 26.5. The molecule has 0 fully saturated rings. The molecular formula is C54H68N8O5S2+2. The number of hydrogen-bond acceptors (Lipinski definition) is 7. The number of nitrogens with zero attached hydrogens (tertiary/aromatic N) is 5. The summed E-state index contributed by atoms with van der Waals surface area (Å²) < 4.78 is 59.1. The van der Waals surface area contributed by atoms with Gasteiger partial charge in [-0.3, -0.25) is 9.36 Å². The Bertz CT molecular complexity index is 3010. The molecule has 0 spiro atoms. The van der Waals surface area contributed by atoms with Crippen molar-refractivity contribution < 1.29 is 22.6 Å². The molecule has 0 saturated heterocycles. The quantitative estimate of drug-likeness (QED) is 0.0321. The maximum atomic E-state index is 13.8. The zero-order valence-electron chi connectivity index (χ0n) is 41.5. The van der Waals surface area contributed by atoms with E-state index >= 15 is 0 Å². The lowest BCUT2D eigenvalue weighted by atomic mass is 9.93. The van der Waals surface area contributed by atoms with Gasteiger partial charge < -0.3 is 15.3 Å². The summed E-state index contributed by atoms with van der Waals surface area (Å²) in [5.41, 5.74) is 12.6. The Morgan fingerprint density at radius 1 is 0.623 bits per heavy atom. The summed E-state index contributed by atoms with van der Waals surface area (Å²) in [5.74, 6) is 0.896. The summed E-state index contributed by atoms with van der Waals surface area (Å²) in [7, 11) is 0.381. The van der Waals surface area contributed by atoms with Crippen LogP contribution in [-0.2, 0) is 75.7 Å². The molecule has 0 radical (unpaired) electrons. The standard InChI is InChI=1S/C54H66N8O5S2/c1-35(2)27-50-52(37(5)61(9)56-50)58-68(64,65)47-21-17-41(18-22-47)43-15-12-14-40(30-43)33-55-26-25-39-13-11-16-44(29-39)49-32-45(31-46(54(49)63)34-60(7)8)42-19-23-48(24-20-42)69(66,67)59-53-38(6)62(10)57-51(53)28-36(3)4/h11-24,29-32,35-36,55H,25-28,33-34H2,1-10H3,(H3-2,58,59,63,64,65,66,67)/p+2. The Hall–Kier alpha value is -5.94. The molecule has 2 atom stereocenters. The second-order valence-electron chi connectivity index (χ2n) is 19.2. The molecule has 2 aromatic heterocycles. The van der Waals surface area contributed by atoms with Gasteiger partial charge in [0.2, 0.25) is 9.79 Å². The van der Waals surface area contributed by atoms with E-state index in [-0.39, 0.29) is 10.6 Å². The fraction of sp³-hybridized carbons (Fsp3) is 0.333. The van der Waals surface area contributed by atoms with Gasteiger partial charge in [0, 0.05) is 38.3 Å². The van der Waals surface area contributed by atoms with E-state index < -0.39 is 20.8 Å². The minimum absolute atomic E-state index is 0.220. The third-order valence-electron chi connectivity index (χ3n) is 12.3. The third kappa shape index (κ3) is 12.3. The van der Waals surface area contributed by atoms with E-state index in [4.69, 9.17) is 0 Å². The number of nitrogens with one attached hydrogen (secondary N) is 3. The Kier molecular flexibility index (Phi) is 15.8. The highest BCUT2D eigenvalue weighted by Crippen LogP contribution is 2.39. The van der Waals surface area contributed by atoms with Crippen molar-refractivity contribution in [3.8, 4) is 39.1 Å². The van der Waals surface area contributed by atoms with E-state index in [2.05, 4.69) is 76.9 Å². The number of aryl methyl sites for hydroxylation is 2. The molecule has 15 heteroatoms. The number of rotatable bonds is 20. The highest BCUT2D eigenvalue weighted by molar-refractivity contribution is 7.99. The molecule has 0 bridgehead atoms. The van der Waals surface area contributed by atoms with E-state index in [0.29, 0.717) is 59.6 Å². The lowest BCUT2D eigenvalue weighted by molar-refractivity contribution is 0.386. The van der Waals surface area contributed by atoms with E-state index in [1.165, 1.54) is 0 Å². The molecule has 6 N–H and O–H groups in total. The van der Waals surface area contributed by atoms with Crippen molar-refractivity contribution in [3.63, 3.8) is 0 Å². The van der Waals surface area contributed by atoms with Gasteiger partial charge in [0.05, 0.1) is 22.8 Å². The van der Waals surface area contributed by atoms with Crippen LogP contribution in [0.2, 0.25) is 0 Å². The number of phenolic OH excluding ortho intramolecular Hbond substituents is 1. The molecule has 364 valence electrons. The first kappa shape index (κ1) is 50.9. The molecular weight excluding hydrogens is 905 g/mol. The van der Waals surface area contributed by atoms with Crippen LogP contribution in [0.15, 0.2) is 119 Å². The van der Waals surface area contributed by atoms with Crippen molar-refractivity contribution in [1.82, 2.24) is 29.8 Å². The van der Waals surface area contributed by atoms with Gasteiger partial charge in [-0.15, -0.1) is 0 Å². The maximum Gasteiger partial charge on any atom is 0.346 e. The molecule has 2 unspecified atom stereocenters. The van der Waals surface area contributed by atoms with Crippen molar-refractivity contribution in [1.29, 1.82) is 0 Å². The summed E-state index contributed by atoms with van der Waals surface area (Å²) in [6.45, 7) is 14.1. The zero-order valence-corrected chi connectivity index (χ0v) is 43.1. The van der Waals surface area contributed by atoms with Crippen LogP contribution in [0.5, 0.6) is 5.75 Å². The summed E-state index contributed by atoms with van der Waals surface area (Å²) in [6.07, 6.45) is 2.14. The maximum absolute atomic E-state index is 13.8. The summed E-state index contributed by atoms with van der Waals surface area (Å²) in [5, 5.41) is 24.4. The van der Waals surface area contributed by atoms with Gasteiger partial charge in [-0.25, -0.2) is 0 Å². The molecule has 0 saturated carbocycles. The Labute approximate surface area is 410 Å². The molecule has 7 rings (SSSR count). The third-order valence-corrected chi connectivity index (χ3v) is 15.1. The van der Waals surface area contributed by atoms with E-state index in [9.17, 15) is 22.6 Å². The summed E-state index contributed by atoms with van der Waals surface area (Å²) in [6, 6.07) is 34.7. The van der Waals surface area contributed by atoms with Crippen LogP contribution in [0, 0.1) is 25.7 Å². The normalized spacial score (nSPS) is 13.6. The SMILES string of the molecule is Cc1c(N[S+](=O)(O)c2ccc(-c3cccc(CNCCc4cccc(-c5cc(-c6ccc([S+](=O)(O)Nc7c(CC(C)C)nn(C)c7C)cc6)cc(CN(C)C)c5O)c4)c3)cc2)c(CC(C)C)nn1C. The number of phenols is 1. The van der Waals surface area contributed by atoms with Crippen molar-refractivity contribution in [2.45, 2.75) is 83.7 Å². The number of aromatic nitrogens is 4. The van der Waals surface area contributed by atoms with Crippen molar-refractivity contribution in [2.24, 2.45) is 25.9 Å². The zero-order chi connectivity index (χ0) is 49.8. The first-order chi connectivity index (χ1) is 32.7. The fourth-order valence-electron chi connectivity index (χ4n) is 8.50. The molecule has 0 aliphatic rings. The second-order valence-corrected chi connectivity index (χ2v) is 22.6. The van der Waals surface area contributed by atoms with Crippen LogP contribution in [0.1, 0.15) is 67.2 Å². The van der Waals surface area contributed by atoms with Crippen molar-refractivity contribution >= 4 is 32.2 Å². The minimum atomic E-state index is -3.65. The molecule has 7 aromatic rings. The van der Waals surface area contributed by atoms with Crippen molar-refractivity contribution in [3.05, 3.63) is 149 Å². The number of hydrogen-bond donors (Lipinski definition) is 6. The monoisotopic (exact) mass is 972 g/mol. The average Bonchev–Trinajstić information content (AvgIpc) is 3.70. The van der Waals surface area contributed by atoms with Crippen LogP contribution >= 0.6 is 0 Å². The van der Waals surface area contributed by atoms with Crippen LogP contribution in [-0.4, -0.2) is 59.3 Å². The molecule has 0 aliphatic heterocycles. The Balaban J connectivity index is 1.01. The fourth-order valence-corrected chi connectivity index (χ4v) is 10.8.